The van der Waals surface area contributed by atoms with Gasteiger partial charge in [-0.15, -0.1) is 11.8 Å². The molecule has 2 aromatic rings. The van der Waals surface area contributed by atoms with E-state index in [0.29, 0.717) is 15.6 Å². The Kier molecular flexibility index (Phi) is 6.51. The number of aryl methyl sites for hydroxylation is 1. The number of carbonyl (C=O) groups is 1. The van der Waals surface area contributed by atoms with Gasteiger partial charge in [0.1, 0.15) is 0 Å². The molecule has 0 saturated carbocycles. The van der Waals surface area contributed by atoms with Crippen molar-refractivity contribution >= 4 is 47.1 Å². The second-order valence-corrected chi connectivity index (χ2v) is 7.17. The van der Waals surface area contributed by atoms with Gasteiger partial charge in [0.15, 0.2) is 0 Å². The minimum Gasteiger partial charge on any atom is -0.272 e. The molecule has 0 heterocycles. The first-order chi connectivity index (χ1) is 11.0. The first-order valence-electron chi connectivity index (χ1n) is 6.97. The van der Waals surface area contributed by atoms with Crippen LogP contribution in [0.3, 0.4) is 0 Å². The Hall–Kier alpha value is -1.49. The molecule has 2 aromatic carbocycles. The highest BCUT2D eigenvalue weighted by molar-refractivity contribution is 8.00. The average molecular weight is 367 g/mol. The summed E-state index contributed by atoms with van der Waals surface area (Å²) in [7, 11) is 0. The fraction of sp³-hybridized carbons (Fsp3) is 0.176. The minimum atomic E-state index is -0.267. The van der Waals surface area contributed by atoms with Crippen LogP contribution in [0.2, 0.25) is 10.0 Å². The Balaban J connectivity index is 1.93. The summed E-state index contributed by atoms with van der Waals surface area (Å²) in [4.78, 5) is 13.1. The number of nitrogens with zero attached hydrogens (tertiary/aromatic N) is 1. The van der Waals surface area contributed by atoms with E-state index in [2.05, 4.69) is 10.5 Å². The lowest BCUT2D eigenvalue weighted by atomic mass is 10.2. The van der Waals surface area contributed by atoms with Gasteiger partial charge < -0.3 is 0 Å². The third-order valence-corrected chi connectivity index (χ3v) is 4.84. The monoisotopic (exact) mass is 366 g/mol. The fourth-order valence-electron chi connectivity index (χ4n) is 1.76. The molecule has 0 bridgehead atoms. The third-order valence-electron chi connectivity index (χ3n) is 3.07. The Bertz CT molecular complexity index is 697. The minimum absolute atomic E-state index is 0.185. The van der Waals surface area contributed by atoms with Gasteiger partial charge in [-0.1, -0.05) is 47.0 Å². The van der Waals surface area contributed by atoms with Crippen LogP contribution in [0, 0.1) is 6.92 Å². The standard InChI is InChI=1S/C17H16Cl2N2OS/c1-11-6-8-13(9-7-11)23-12(2)17(22)21-20-10-14-15(18)4-3-5-16(14)19/h3-10,12H,1-2H3,(H,21,22)/b20-10-/t12-/m0/s1. The van der Waals surface area contributed by atoms with E-state index in [0.717, 1.165) is 4.90 Å². The van der Waals surface area contributed by atoms with Gasteiger partial charge in [-0.2, -0.15) is 5.10 Å². The highest BCUT2D eigenvalue weighted by atomic mass is 35.5. The SMILES string of the molecule is Cc1ccc(S[C@@H](C)C(=O)N/N=C\c2c(Cl)cccc2Cl)cc1. The van der Waals surface area contributed by atoms with Gasteiger partial charge in [0.05, 0.1) is 21.5 Å². The van der Waals surface area contributed by atoms with Gasteiger partial charge in [-0.25, -0.2) is 5.43 Å². The number of carbonyl (C=O) groups excluding carboxylic acids is 1. The molecule has 6 heteroatoms. The van der Waals surface area contributed by atoms with E-state index in [1.54, 1.807) is 18.2 Å². The molecule has 23 heavy (non-hydrogen) atoms. The molecule has 0 saturated heterocycles. The van der Waals surface area contributed by atoms with Gasteiger partial charge in [-0.05, 0) is 38.1 Å². The predicted molar refractivity (Wildman–Crippen MR) is 98.7 cm³/mol. The molecule has 0 aliphatic heterocycles. The highest BCUT2D eigenvalue weighted by Gasteiger charge is 2.13. The molecule has 1 N–H and O–H groups in total. The molecule has 0 aliphatic carbocycles. The molecule has 1 amide bonds. The molecule has 1 atom stereocenters. The van der Waals surface area contributed by atoms with Crippen LogP contribution in [0.25, 0.3) is 0 Å². The van der Waals surface area contributed by atoms with Crippen LogP contribution in [0.1, 0.15) is 18.1 Å². The van der Waals surface area contributed by atoms with E-state index in [1.165, 1.54) is 23.5 Å². The molecule has 0 aliphatic rings. The molecule has 120 valence electrons. The summed E-state index contributed by atoms with van der Waals surface area (Å²) in [6.45, 7) is 3.86. The predicted octanol–water partition coefficient (Wildman–Crippen LogP) is 4.93. The smallest absolute Gasteiger partial charge is 0.253 e. The van der Waals surface area contributed by atoms with Crippen LogP contribution in [0.5, 0.6) is 0 Å². The van der Waals surface area contributed by atoms with Crippen molar-refractivity contribution < 1.29 is 4.79 Å². The molecule has 0 spiro atoms. The lowest BCUT2D eigenvalue weighted by Gasteiger charge is -2.09. The summed E-state index contributed by atoms with van der Waals surface area (Å²) in [6.07, 6.45) is 1.45. The van der Waals surface area contributed by atoms with Gasteiger partial charge in [0.25, 0.3) is 5.91 Å². The van der Waals surface area contributed by atoms with Crippen LogP contribution in [0.4, 0.5) is 0 Å². The summed E-state index contributed by atoms with van der Waals surface area (Å²) in [6, 6.07) is 13.2. The molecule has 0 fully saturated rings. The summed E-state index contributed by atoms with van der Waals surface area (Å²) in [5.74, 6) is -0.185. The normalized spacial score (nSPS) is 12.3. The van der Waals surface area contributed by atoms with Crippen LogP contribution in [0.15, 0.2) is 52.5 Å². The number of halogens is 2. The summed E-state index contributed by atoms with van der Waals surface area (Å²) in [5.41, 5.74) is 4.28. The van der Waals surface area contributed by atoms with E-state index < -0.39 is 0 Å². The average Bonchev–Trinajstić information content (AvgIpc) is 2.52. The number of rotatable bonds is 5. The van der Waals surface area contributed by atoms with Crippen LogP contribution < -0.4 is 5.43 Å². The van der Waals surface area contributed by atoms with Gasteiger partial charge in [-0.3, -0.25) is 4.79 Å². The zero-order chi connectivity index (χ0) is 16.8. The van der Waals surface area contributed by atoms with E-state index in [9.17, 15) is 4.79 Å². The highest BCUT2D eigenvalue weighted by Crippen LogP contribution is 2.24. The second-order valence-electron chi connectivity index (χ2n) is 4.94. The zero-order valence-corrected chi connectivity index (χ0v) is 15.0. The van der Waals surface area contributed by atoms with Crippen molar-refractivity contribution in [1.29, 1.82) is 0 Å². The summed E-state index contributed by atoms with van der Waals surface area (Å²) < 4.78 is 0. The number of thioether (sulfide) groups is 1. The quantitative estimate of drug-likeness (QED) is 0.462. The molecule has 3 nitrogen and oxygen atoms in total. The van der Waals surface area contributed by atoms with Gasteiger partial charge in [0, 0.05) is 10.5 Å². The van der Waals surface area contributed by atoms with Crippen molar-refractivity contribution in [2.24, 2.45) is 5.10 Å². The van der Waals surface area contributed by atoms with E-state index >= 15 is 0 Å². The Morgan fingerprint density at radius 1 is 1.17 bits per heavy atom. The van der Waals surface area contributed by atoms with Crippen molar-refractivity contribution in [3.63, 3.8) is 0 Å². The summed E-state index contributed by atoms with van der Waals surface area (Å²) in [5, 5.41) is 4.63. The lowest BCUT2D eigenvalue weighted by Crippen LogP contribution is -2.26. The number of benzene rings is 2. The Morgan fingerprint density at radius 3 is 2.39 bits per heavy atom. The van der Waals surface area contributed by atoms with Crippen LogP contribution in [-0.4, -0.2) is 17.4 Å². The molecule has 0 unspecified atom stereocenters. The van der Waals surface area contributed by atoms with Crippen molar-refractivity contribution in [3.8, 4) is 0 Å². The second kappa shape index (κ2) is 8.39. The van der Waals surface area contributed by atoms with E-state index in [-0.39, 0.29) is 11.2 Å². The topological polar surface area (TPSA) is 41.5 Å². The van der Waals surface area contributed by atoms with Crippen molar-refractivity contribution in [2.45, 2.75) is 24.0 Å². The molecular weight excluding hydrogens is 351 g/mol. The summed E-state index contributed by atoms with van der Waals surface area (Å²) >= 11 is 13.5. The maximum Gasteiger partial charge on any atom is 0.253 e. The molecule has 0 aromatic heterocycles. The first-order valence-corrected chi connectivity index (χ1v) is 8.61. The van der Waals surface area contributed by atoms with Crippen LogP contribution >= 0.6 is 35.0 Å². The van der Waals surface area contributed by atoms with E-state index in [4.69, 9.17) is 23.2 Å². The maximum absolute atomic E-state index is 12.1. The fourth-order valence-corrected chi connectivity index (χ4v) is 3.12. The number of hydrogen-bond donors (Lipinski definition) is 1. The molecular formula is C17H16Cl2N2OS. The maximum atomic E-state index is 12.1. The third kappa shape index (κ3) is 5.27. The number of hydrazone groups is 1. The largest absolute Gasteiger partial charge is 0.272 e. The van der Waals surface area contributed by atoms with Crippen molar-refractivity contribution in [2.75, 3.05) is 0 Å². The number of nitrogens with one attached hydrogen (secondary N) is 1. The first kappa shape index (κ1) is 17.9. The zero-order valence-electron chi connectivity index (χ0n) is 12.7. The number of amides is 1. The van der Waals surface area contributed by atoms with Gasteiger partial charge >= 0.3 is 0 Å². The Morgan fingerprint density at radius 2 is 1.78 bits per heavy atom. The van der Waals surface area contributed by atoms with Crippen molar-refractivity contribution in [1.82, 2.24) is 5.43 Å². The number of hydrogen-bond acceptors (Lipinski definition) is 3. The Labute approximate surface area is 150 Å². The van der Waals surface area contributed by atoms with E-state index in [1.807, 2.05) is 38.1 Å². The van der Waals surface area contributed by atoms with Crippen molar-refractivity contribution in [3.05, 3.63) is 63.6 Å². The molecule has 0 radical (unpaired) electrons. The van der Waals surface area contributed by atoms with Crippen LogP contribution in [-0.2, 0) is 4.79 Å². The van der Waals surface area contributed by atoms with Gasteiger partial charge in [0.2, 0.25) is 0 Å². The molecule has 2 rings (SSSR count). The lowest BCUT2D eigenvalue weighted by molar-refractivity contribution is -0.120.